The molecule has 23 heavy (non-hydrogen) atoms. The molecule has 0 heterocycles. The van der Waals surface area contributed by atoms with Gasteiger partial charge in [-0.3, -0.25) is 14.9 Å². The topological polar surface area (TPSA) is 84.3 Å². The van der Waals surface area contributed by atoms with Gasteiger partial charge in [0, 0.05) is 22.8 Å². The summed E-state index contributed by atoms with van der Waals surface area (Å²) in [6, 6.07) is 8.20. The molecule has 0 atom stereocenters. The van der Waals surface area contributed by atoms with Gasteiger partial charge in [0.1, 0.15) is 5.82 Å². The lowest BCUT2D eigenvalue weighted by Gasteiger charge is -2.10. The molecule has 8 heteroatoms. The van der Waals surface area contributed by atoms with Crippen molar-refractivity contribution < 1.29 is 14.1 Å². The summed E-state index contributed by atoms with van der Waals surface area (Å²) in [6.07, 6.45) is 0. The summed E-state index contributed by atoms with van der Waals surface area (Å²) in [4.78, 5) is 22.1. The lowest BCUT2D eigenvalue weighted by Crippen LogP contribution is -2.22. The molecule has 0 spiro atoms. The molecule has 6 nitrogen and oxygen atoms in total. The number of carbonyl (C=O) groups is 1. The number of halogens is 2. The minimum atomic E-state index is -0.641. The number of hydrogen-bond donors (Lipinski definition) is 2. The summed E-state index contributed by atoms with van der Waals surface area (Å²) >= 11 is 5.63. The Balaban J connectivity index is 2.02. The summed E-state index contributed by atoms with van der Waals surface area (Å²) < 4.78 is 13.6. The van der Waals surface area contributed by atoms with Gasteiger partial charge in [-0.1, -0.05) is 17.7 Å². The molecule has 0 aromatic heterocycles. The monoisotopic (exact) mass is 337 g/mol. The fourth-order valence-electron chi connectivity index (χ4n) is 1.87. The molecule has 2 aromatic carbocycles. The standard InChI is InChI=1S/C15H13ClFN3O3/c1-9-2-4-11(20(22)23)7-14(9)18-8-15(21)19-13-5-3-10(16)6-12(13)17/h2-7,18H,8H2,1H3,(H,19,21). The number of benzene rings is 2. The lowest BCUT2D eigenvalue weighted by atomic mass is 10.2. The van der Waals surface area contributed by atoms with E-state index in [0.717, 1.165) is 11.6 Å². The minimum absolute atomic E-state index is 0.0111. The number of nitro benzene ring substituents is 1. The molecule has 1 amide bonds. The van der Waals surface area contributed by atoms with Crippen LogP contribution in [0.15, 0.2) is 36.4 Å². The van der Waals surface area contributed by atoms with Gasteiger partial charge in [0.15, 0.2) is 0 Å². The van der Waals surface area contributed by atoms with Gasteiger partial charge in [-0.15, -0.1) is 0 Å². The van der Waals surface area contributed by atoms with Crippen molar-refractivity contribution in [3.63, 3.8) is 0 Å². The van der Waals surface area contributed by atoms with Gasteiger partial charge in [0.25, 0.3) is 5.69 Å². The van der Waals surface area contributed by atoms with Gasteiger partial charge in [-0.05, 0) is 30.7 Å². The second kappa shape index (κ2) is 7.06. The lowest BCUT2D eigenvalue weighted by molar-refractivity contribution is -0.384. The van der Waals surface area contributed by atoms with Gasteiger partial charge in [-0.2, -0.15) is 0 Å². The van der Waals surface area contributed by atoms with Crippen LogP contribution in [0.4, 0.5) is 21.5 Å². The maximum absolute atomic E-state index is 13.6. The van der Waals surface area contributed by atoms with Crippen LogP contribution in [0.25, 0.3) is 0 Å². The van der Waals surface area contributed by atoms with Crippen molar-refractivity contribution in [3.05, 3.63) is 62.9 Å². The fraction of sp³-hybridized carbons (Fsp3) is 0.133. The highest BCUT2D eigenvalue weighted by molar-refractivity contribution is 6.30. The third kappa shape index (κ3) is 4.40. The summed E-state index contributed by atoms with van der Waals surface area (Å²) in [7, 11) is 0. The number of nitro groups is 1. The van der Waals surface area contributed by atoms with E-state index >= 15 is 0 Å². The van der Waals surface area contributed by atoms with Crippen LogP contribution in [0.3, 0.4) is 0 Å². The SMILES string of the molecule is Cc1ccc([N+](=O)[O-])cc1NCC(=O)Nc1ccc(Cl)cc1F. The van der Waals surface area contributed by atoms with E-state index in [1.165, 1.54) is 24.3 Å². The second-order valence-corrected chi connectivity index (χ2v) is 5.22. The Labute approximate surface area is 136 Å². The van der Waals surface area contributed by atoms with Gasteiger partial charge < -0.3 is 10.6 Å². The maximum atomic E-state index is 13.6. The Hall–Kier alpha value is -2.67. The van der Waals surface area contributed by atoms with E-state index in [4.69, 9.17) is 11.6 Å². The second-order valence-electron chi connectivity index (χ2n) is 4.78. The van der Waals surface area contributed by atoms with Crippen LogP contribution in [0.2, 0.25) is 5.02 Å². The molecule has 0 saturated carbocycles. The normalized spacial score (nSPS) is 10.2. The zero-order valence-corrected chi connectivity index (χ0v) is 12.9. The molecule has 0 fully saturated rings. The smallest absolute Gasteiger partial charge is 0.271 e. The summed E-state index contributed by atoms with van der Waals surface area (Å²) in [5.41, 5.74) is 1.14. The molecule has 2 aromatic rings. The zero-order valence-electron chi connectivity index (χ0n) is 12.1. The van der Waals surface area contributed by atoms with Crippen molar-refractivity contribution in [1.29, 1.82) is 0 Å². The molecule has 0 radical (unpaired) electrons. The molecular formula is C15H13ClFN3O3. The molecule has 0 aliphatic heterocycles. The average Bonchev–Trinajstić information content (AvgIpc) is 2.49. The number of aryl methyl sites for hydroxylation is 1. The number of non-ortho nitro benzene ring substituents is 1. The largest absolute Gasteiger partial charge is 0.376 e. The highest BCUT2D eigenvalue weighted by Gasteiger charge is 2.11. The number of rotatable bonds is 5. The molecule has 0 aliphatic rings. The van der Waals surface area contributed by atoms with Crippen molar-refractivity contribution in [3.8, 4) is 0 Å². The van der Waals surface area contributed by atoms with Crippen molar-refractivity contribution >= 4 is 34.6 Å². The predicted molar refractivity (Wildman–Crippen MR) is 86.4 cm³/mol. The summed E-state index contributed by atoms with van der Waals surface area (Å²) in [5, 5.41) is 16.2. The quantitative estimate of drug-likeness (QED) is 0.643. The van der Waals surface area contributed by atoms with Gasteiger partial charge in [-0.25, -0.2) is 4.39 Å². The van der Waals surface area contributed by atoms with Crippen molar-refractivity contribution in [2.45, 2.75) is 6.92 Å². The zero-order chi connectivity index (χ0) is 17.0. The first-order chi connectivity index (χ1) is 10.9. The first-order valence-corrected chi connectivity index (χ1v) is 6.98. The summed E-state index contributed by atoms with van der Waals surface area (Å²) in [6.45, 7) is 1.59. The van der Waals surface area contributed by atoms with Crippen LogP contribution >= 0.6 is 11.6 Å². The van der Waals surface area contributed by atoms with Crippen LogP contribution in [-0.2, 0) is 4.79 Å². The molecular weight excluding hydrogens is 325 g/mol. The predicted octanol–water partition coefficient (Wildman–Crippen LogP) is 3.75. The number of amides is 1. The van der Waals surface area contributed by atoms with E-state index in [9.17, 15) is 19.3 Å². The van der Waals surface area contributed by atoms with Gasteiger partial charge in [0.05, 0.1) is 17.2 Å². The first kappa shape index (κ1) is 16.7. The molecule has 120 valence electrons. The molecule has 0 aliphatic carbocycles. The molecule has 0 unspecified atom stereocenters. The van der Waals surface area contributed by atoms with Crippen LogP contribution in [-0.4, -0.2) is 17.4 Å². The highest BCUT2D eigenvalue weighted by atomic mass is 35.5. The minimum Gasteiger partial charge on any atom is -0.376 e. The Morgan fingerprint density at radius 1 is 1.26 bits per heavy atom. The van der Waals surface area contributed by atoms with E-state index in [1.807, 2.05) is 0 Å². The van der Waals surface area contributed by atoms with E-state index in [2.05, 4.69) is 10.6 Å². The molecule has 0 saturated heterocycles. The summed E-state index contributed by atoms with van der Waals surface area (Å²) in [5.74, 6) is -1.13. The van der Waals surface area contributed by atoms with E-state index < -0.39 is 16.6 Å². The Morgan fingerprint density at radius 2 is 2.00 bits per heavy atom. The number of carbonyl (C=O) groups excluding carboxylic acids is 1. The number of hydrogen-bond acceptors (Lipinski definition) is 4. The van der Waals surface area contributed by atoms with Crippen LogP contribution < -0.4 is 10.6 Å². The maximum Gasteiger partial charge on any atom is 0.271 e. The van der Waals surface area contributed by atoms with Crippen LogP contribution in [0.5, 0.6) is 0 Å². The third-order valence-corrected chi connectivity index (χ3v) is 3.31. The Bertz CT molecular complexity index is 768. The van der Waals surface area contributed by atoms with Gasteiger partial charge >= 0.3 is 0 Å². The Morgan fingerprint density at radius 3 is 2.65 bits per heavy atom. The Kier molecular flexibility index (Phi) is 5.13. The molecule has 0 bridgehead atoms. The highest BCUT2D eigenvalue weighted by Crippen LogP contribution is 2.22. The molecule has 2 N–H and O–H groups in total. The fourth-order valence-corrected chi connectivity index (χ4v) is 2.03. The number of nitrogens with zero attached hydrogens (tertiary/aromatic N) is 1. The average molecular weight is 338 g/mol. The van der Waals surface area contributed by atoms with Gasteiger partial charge in [0.2, 0.25) is 5.91 Å². The van der Waals surface area contributed by atoms with E-state index in [1.54, 1.807) is 13.0 Å². The first-order valence-electron chi connectivity index (χ1n) is 6.60. The van der Waals surface area contributed by atoms with Crippen molar-refractivity contribution in [2.75, 3.05) is 17.2 Å². The van der Waals surface area contributed by atoms with Crippen molar-refractivity contribution in [1.82, 2.24) is 0 Å². The van der Waals surface area contributed by atoms with Crippen molar-refractivity contribution in [2.24, 2.45) is 0 Å². The number of nitrogens with one attached hydrogen (secondary N) is 2. The molecule has 2 rings (SSSR count). The van der Waals surface area contributed by atoms with Crippen LogP contribution in [0.1, 0.15) is 5.56 Å². The third-order valence-electron chi connectivity index (χ3n) is 3.08. The van der Waals surface area contributed by atoms with E-state index in [0.29, 0.717) is 5.69 Å². The van der Waals surface area contributed by atoms with Crippen LogP contribution in [0, 0.1) is 22.9 Å². The number of anilines is 2. The van der Waals surface area contributed by atoms with E-state index in [-0.39, 0.29) is 22.9 Å².